The molecule has 0 fully saturated rings. The molecule has 0 radical (unpaired) electrons. The number of aromatic amines is 1. The van der Waals surface area contributed by atoms with E-state index in [1.165, 1.54) is 7.11 Å². The van der Waals surface area contributed by atoms with Crippen LogP contribution < -0.4 is 5.32 Å². The van der Waals surface area contributed by atoms with Crippen molar-refractivity contribution >= 4 is 5.97 Å². The van der Waals surface area contributed by atoms with Gasteiger partial charge in [0.15, 0.2) is 0 Å². The van der Waals surface area contributed by atoms with Crippen molar-refractivity contribution in [2.45, 2.75) is 13.1 Å². The number of benzene rings is 1. The van der Waals surface area contributed by atoms with Crippen molar-refractivity contribution in [1.29, 1.82) is 0 Å². The van der Waals surface area contributed by atoms with E-state index in [0.717, 1.165) is 11.3 Å². The summed E-state index contributed by atoms with van der Waals surface area (Å²) in [4.78, 5) is 18.5. The zero-order valence-electron chi connectivity index (χ0n) is 10.1. The third kappa shape index (κ3) is 2.95. The maximum atomic E-state index is 11.6. The molecule has 1 aromatic heterocycles. The Bertz CT molecular complexity index is 509. The fraction of sp³-hybridized carbons (Fsp3) is 0.231. The molecule has 1 aromatic carbocycles. The highest BCUT2D eigenvalue weighted by molar-refractivity contribution is 5.90. The number of methoxy groups -OCH3 is 1. The number of carbonyl (C=O) groups excluding carboxylic acids is 1. The fourth-order valence-corrected chi connectivity index (χ4v) is 1.70. The highest BCUT2D eigenvalue weighted by Gasteiger charge is 2.10. The lowest BCUT2D eigenvalue weighted by Crippen LogP contribution is -2.16. The van der Waals surface area contributed by atoms with Crippen LogP contribution in [0.15, 0.2) is 36.8 Å². The van der Waals surface area contributed by atoms with Gasteiger partial charge in [-0.05, 0) is 11.6 Å². The minimum atomic E-state index is -0.311. The number of rotatable bonds is 5. The molecule has 2 rings (SSSR count). The number of carbonyl (C=O) groups is 1. The van der Waals surface area contributed by atoms with Gasteiger partial charge in [-0.3, -0.25) is 0 Å². The van der Waals surface area contributed by atoms with Gasteiger partial charge >= 0.3 is 5.97 Å². The van der Waals surface area contributed by atoms with Crippen molar-refractivity contribution < 1.29 is 9.53 Å². The summed E-state index contributed by atoms with van der Waals surface area (Å²) < 4.78 is 4.75. The molecule has 1 heterocycles. The molecule has 0 amide bonds. The zero-order valence-corrected chi connectivity index (χ0v) is 10.1. The third-order valence-corrected chi connectivity index (χ3v) is 2.61. The summed E-state index contributed by atoms with van der Waals surface area (Å²) in [6.07, 6.45) is 3.40. The van der Waals surface area contributed by atoms with Crippen LogP contribution >= 0.6 is 0 Å². The van der Waals surface area contributed by atoms with Crippen LogP contribution in [0.2, 0.25) is 0 Å². The topological polar surface area (TPSA) is 67.0 Å². The Morgan fingerprint density at radius 1 is 1.39 bits per heavy atom. The van der Waals surface area contributed by atoms with Gasteiger partial charge in [0.2, 0.25) is 0 Å². The number of imidazole rings is 1. The number of hydrogen-bond donors (Lipinski definition) is 2. The summed E-state index contributed by atoms with van der Waals surface area (Å²) in [7, 11) is 1.39. The fourth-order valence-electron chi connectivity index (χ4n) is 1.70. The molecule has 0 aliphatic carbocycles. The Balaban J connectivity index is 1.98. The number of hydrogen-bond acceptors (Lipinski definition) is 4. The van der Waals surface area contributed by atoms with Crippen molar-refractivity contribution in [3.63, 3.8) is 0 Å². The second-order valence-electron chi connectivity index (χ2n) is 3.83. The normalized spacial score (nSPS) is 10.3. The van der Waals surface area contributed by atoms with E-state index in [2.05, 4.69) is 15.3 Å². The lowest BCUT2D eigenvalue weighted by molar-refractivity contribution is 0.0599. The molecule has 0 spiro atoms. The van der Waals surface area contributed by atoms with Gasteiger partial charge in [0.1, 0.15) is 0 Å². The number of ether oxygens (including phenoxy) is 1. The van der Waals surface area contributed by atoms with Crippen LogP contribution in [0, 0.1) is 0 Å². The van der Waals surface area contributed by atoms with Gasteiger partial charge < -0.3 is 15.0 Å². The quantitative estimate of drug-likeness (QED) is 0.783. The SMILES string of the molecule is COC(=O)c1ccccc1CNCc1cnc[nH]1. The monoisotopic (exact) mass is 245 g/mol. The van der Waals surface area contributed by atoms with Crippen molar-refractivity contribution in [3.8, 4) is 0 Å². The second-order valence-corrected chi connectivity index (χ2v) is 3.83. The molecule has 0 unspecified atom stereocenters. The van der Waals surface area contributed by atoms with E-state index in [1.54, 1.807) is 18.6 Å². The molecule has 0 saturated heterocycles. The molecule has 0 aliphatic heterocycles. The highest BCUT2D eigenvalue weighted by atomic mass is 16.5. The Labute approximate surface area is 105 Å². The van der Waals surface area contributed by atoms with Crippen LogP contribution in [0.25, 0.3) is 0 Å². The lowest BCUT2D eigenvalue weighted by Gasteiger charge is -2.08. The van der Waals surface area contributed by atoms with E-state index in [-0.39, 0.29) is 5.97 Å². The maximum Gasteiger partial charge on any atom is 0.338 e. The Morgan fingerprint density at radius 3 is 2.94 bits per heavy atom. The van der Waals surface area contributed by atoms with E-state index >= 15 is 0 Å². The third-order valence-electron chi connectivity index (χ3n) is 2.61. The highest BCUT2D eigenvalue weighted by Crippen LogP contribution is 2.10. The van der Waals surface area contributed by atoms with Crippen molar-refractivity contribution in [3.05, 3.63) is 53.6 Å². The molecule has 0 saturated carbocycles. The van der Waals surface area contributed by atoms with E-state index < -0.39 is 0 Å². The number of esters is 1. The minimum Gasteiger partial charge on any atom is -0.465 e. The molecule has 0 bridgehead atoms. The molecule has 0 atom stereocenters. The van der Waals surface area contributed by atoms with Gasteiger partial charge in [-0.1, -0.05) is 18.2 Å². The first-order valence-electron chi connectivity index (χ1n) is 5.65. The Morgan fingerprint density at radius 2 is 2.22 bits per heavy atom. The molecule has 94 valence electrons. The second kappa shape index (κ2) is 5.97. The van der Waals surface area contributed by atoms with E-state index in [0.29, 0.717) is 18.7 Å². The summed E-state index contributed by atoms with van der Waals surface area (Å²) in [5.74, 6) is -0.311. The van der Waals surface area contributed by atoms with Crippen LogP contribution in [0.3, 0.4) is 0 Å². The largest absolute Gasteiger partial charge is 0.465 e. The van der Waals surface area contributed by atoms with Crippen LogP contribution in [0.4, 0.5) is 0 Å². The standard InChI is InChI=1S/C13H15N3O2/c1-18-13(17)12-5-3-2-4-10(12)6-14-7-11-8-15-9-16-11/h2-5,8-9,14H,6-7H2,1H3,(H,15,16). The van der Waals surface area contributed by atoms with Crippen LogP contribution in [0.5, 0.6) is 0 Å². The molecule has 0 aliphatic rings. The van der Waals surface area contributed by atoms with Gasteiger partial charge in [0.05, 0.1) is 19.0 Å². The summed E-state index contributed by atoms with van der Waals surface area (Å²) in [6.45, 7) is 1.28. The van der Waals surface area contributed by atoms with Crippen molar-refractivity contribution in [1.82, 2.24) is 15.3 Å². The molecule has 2 N–H and O–H groups in total. The minimum absolute atomic E-state index is 0.311. The summed E-state index contributed by atoms with van der Waals surface area (Å²) in [5, 5.41) is 3.24. The maximum absolute atomic E-state index is 11.6. The summed E-state index contributed by atoms with van der Waals surface area (Å²) in [6, 6.07) is 7.40. The van der Waals surface area contributed by atoms with Gasteiger partial charge in [0, 0.05) is 25.0 Å². The Hall–Kier alpha value is -2.14. The lowest BCUT2D eigenvalue weighted by atomic mass is 10.1. The van der Waals surface area contributed by atoms with Gasteiger partial charge in [-0.25, -0.2) is 9.78 Å². The number of aromatic nitrogens is 2. The first kappa shape index (κ1) is 12.3. The predicted octanol–water partition coefficient (Wildman–Crippen LogP) is 1.49. The Kier molecular flexibility index (Phi) is 4.09. The molecule has 5 nitrogen and oxygen atoms in total. The molecular formula is C13H15N3O2. The number of nitrogens with one attached hydrogen (secondary N) is 2. The average molecular weight is 245 g/mol. The van der Waals surface area contributed by atoms with Crippen LogP contribution in [0.1, 0.15) is 21.6 Å². The van der Waals surface area contributed by atoms with Crippen LogP contribution in [-0.4, -0.2) is 23.0 Å². The number of H-pyrrole nitrogens is 1. The smallest absolute Gasteiger partial charge is 0.338 e. The van der Waals surface area contributed by atoms with E-state index in [9.17, 15) is 4.79 Å². The number of nitrogens with zero attached hydrogens (tertiary/aromatic N) is 1. The van der Waals surface area contributed by atoms with E-state index in [4.69, 9.17) is 4.74 Å². The molecule has 5 heteroatoms. The molecule has 18 heavy (non-hydrogen) atoms. The first-order chi connectivity index (χ1) is 8.81. The summed E-state index contributed by atoms with van der Waals surface area (Å²) >= 11 is 0. The zero-order chi connectivity index (χ0) is 12.8. The van der Waals surface area contributed by atoms with Gasteiger partial charge in [-0.2, -0.15) is 0 Å². The van der Waals surface area contributed by atoms with Gasteiger partial charge in [0.25, 0.3) is 0 Å². The first-order valence-corrected chi connectivity index (χ1v) is 5.65. The average Bonchev–Trinajstić information content (AvgIpc) is 2.92. The molecular weight excluding hydrogens is 230 g/mol. The van der Waals surface area contributed by atoms with Gasteiger partial charge in [-0.15, -0.1) is 0 Å². The van der Waals surface area contributed by atoms with Crippen molar-refractivity contribution in [2.24, 2.45) is 0 Å². The van der Waals surface area contributed by atoms with E-state index in [1.807, 2.05) is 18.2 Å². The molecule has 2 aromatic rings. The van der Waals surface area contributed by atoms with Crippen molar-refractivity contribution in [2.75, 3.05) is 7.11 Å². The van der Waals surface area contributed by atoms with Crippen LogP contribution in [-0.2, 0) is 17.8 Å². The predicted molar refractivity (Wildman–Crippen MR) is 66.9 cm³/mol. The summed E-state index contributed by atoms with van der Waals surface area (Å²) in [5.41, 5.74) is 2.52.